The summed E-state index contributed by atoms with van der Waals surface area (Å²) in [5, 5.41) is 3.72. The van der Waals surface area contributed by atoms with E-state index in [1.807, 2.05) is 6.92 Å². The molecule has 1 unspecified atom stereocenters. The van der Waals surface area contributed by atoms with E-state index in [9.17, 15) is 0 Å². The lowest BCUT2D eigenvalue weighted by molar-refractivity contribution is 0.0479. The minimum absolute atomic E-state index is 0.306. The van der Waals surface area contributed by atoms with E-state index in [1.54, 1.807) is 0 Å². The number of hydrogen-bond donors (Lipinski definition) is 1. The van der Waals surface area contributed by atoms with Crippen molar-refractivity contribution in [2.24, 2.45) is 0 Å². The summed E-state index contributed by atoms with van der Waals surface area (Å²) in [7, 11) is 0. The third kappa shape index (κ3) is 4.38. The fourth-order valence-corrected chi connectivity index (χ4v) is 2.55. The second-order valence-corrected chi connectivity index (χ2v) is 5.70. The summed E-state index contributed by atoms with van der Waals surface area (Å²) in [4.78, 5) is 2.56. The highest BCUT2D eigenvalue weighted by molar-refractivity contribution is 4.95. The van der Waals surface area contributed by atoms with Crippen LogP contribution >= 0.6 is 0 Å². The first-order chi connectivity index (χ1) is 8.53. The van der Waals surface area contributed by atoms with Crippen molar-refractivity contribution in [1.29, 1.82) is 0 Å². The topological polar surface area (TPSA) is 24.5 Å². The average molecular weight is 254 g/mol. The molecule has 1 saturated heterocycles. The van der Waals surface area contributed by atoms with Crippen LogP contribution < -0.4 is 5.32 Å². The molecule has 1 heterocycles. The third-order valence-electron chi connectivity index (χ3n) is 4.13. The molecule has 3 nitrogen and oxygen atoms in total. The van der Waals surface area contributed by atoms with Gasteiger partial charge in [-0.1, -0.05) is 26.0 Å². The monoisotopic (exact) mass is 254 g/mol. The lowest BCUT2D eigenvalue weighted by Gasteiger charge is -2.46. The minimum atomic E-state index is 0.306. The molecular weight excluding hydrogens is 224 g/mol. The van der Waals surface area contributed by atoms with E-state index in [2.05, 4.69) is 37.6 Å². The van der Waals surface area contributed by atoms with Crippen LogP contribution in [0.15, 0.2) is 12.2 Å². The van der Waals surface area contributed by atoms with E-state index >= 15 is 0 Å². The summed E-state index contributed by atoms with van der Waals surface area (Å²) in [6.45, 7) is 17.5. The first kappa shape index (κ1) is 15.7. The fraction of sp³-hybridized carbons (Fsp3) is 0.867. The average Bonchev–Trinajstić information content (AvgIpc) is 2.37. The Balaban J connectivity index is 2.40. The van der Waals surface area contributed by atoms with E-state index in [0.717, 1.165) is 31.8 Å². The Morgan fingerprint density at radius 1 is 1.44 bits per heavy atom. The molecule has 0 radical (unpaired) electrons. The third-order valence-corrected chi connectivity index (χ3v) is 4.13. The van der Waals surface area contributed by atoms with Crippen LogP contribution in [0.25, 0.3) is 0 Å². The molecule has 0 aromatic rings. The Bertz CT molecular complexity index is 261. The van der Waals surface area contributed by atoms with E-state index in [4.69, 9.17) is 4.74 Å². The van der Waals surface area contributed by atoms with Crippen LogP contribution in [0.4, 0.5) is 0 Å². The molecule has 0 spiro atoms. The molecule has 0 bridgehead atoms. The molecule has 0 saturated carbocycles. The van der Waals surface area contributed by atoms with Crippen molar-refractivity contribution in [3.63, 3.8) is 0 Å². The Morgan fingerprint density at radius 2 is 2.11 bits per heavy atom. The first-order valence-electron chi connectivity index (χ1n) is 7.24. The Kier molecular flexibility index (Phi) is 6.33. The molecule has 1 aliphatic rings. The van der Waals surface area contributed by atoms with Crippen molar-refractivity contribution in [1.82, 2.24) is 10.2 Å². The Morgan fingerprint density at radius 3 is 2.67 bits per heavy atom. The molecular formula is C15H30N2O. The molecule has 1 rings (SSSR count). The van der Waals surface area contributed by atoms with Gasteiger partial charge in [0.25, 0.3) is 0 Å². The molecule has 1 aliphatic heterocycles. The van der Waals surface area contributed by atoms with Gasteiger partial charge in [-0.2, -0.15) is 0 Å². The number of rotatable bonds is 7. The van der Waals surface area contributed by atoms with Gasteiger partial charge in [-0.15, -0.1) is 0 Å². The van der Waals surface area contributed by atoms with E-state index in [-0.39, 0.29) is 0 Å². The van der Waals surface area contributed by atoms with Crippen LogP contribution in [0.3, 0.4) is 0 Å². The zero-order valence-electron chi connectivity index (χ0n) is 12.6. The lowest BCUT2D eigenvalue weighted by Crippen LogP contribution is -2.63. The van der Waals surface area contributed by atoms with E-state index in [0.29, 0.717) is 18.2 Å². The number of ether oxygens (including phenoxy) is 1. The number of piperazine rings is 1. The summed E-state index contributed by atoms with van der Waals surface area (Å²) >= 11 is 0. The van der Waals surface area contributed by atoms with Crippen molar-refractivity contribution >= 4 is 0 Å². The van der Waals surface area contributed by atoms with Gasteiger partial charge in [0.1, 0.15) is 0 Å². The molecule has 0 aromatic heterocycles. The van der Waals surface area contributed by atoms with E-state index in [1.165, 1.54) is 12.8 Å². The highest BCUT2D eigenvalue weighted by atomic mass is 16.5. The maximum absolute atomic E-state index is 5.62. The standard InChI is InChI=1S/C15H30N2O/c1-6-15(7-2)12-17(14(5)10-16-15)8-9-18-11-13(3)4/h14,16H,3,6-12H2,1-2,4-5H3. The maximum atomic E-state index is 5.62. The highest BCUT2D eigenvalue weighted by Crippen LogP contribution is 2.22. The summed E-state index contributed by atoms with van der Waals surface area (Å²) in [6, 6.07) is 0.602. The van der Waals surface area contributed by atoms with Crippen LogP contribution in [0.2, 0.25) is 0 Å². The second kappa shape index (κ2) is 7.27. The van der Waals surface area contributed by atoms with Gasteiger partial charge in [0.2, 0.25) is 0 Å². The van der Waals surface area contributed by atoms with Crippen LogP contribution in [0.5, 0.6) is 0 Å². The molecule has 0 aliphatic carbocycles. The van der Waals surface area contributed by atoms with Crippen molar-refractivity contribution in [3.8, 4) is 0 Å². The summed E-state index contributed by atoms with van der Waals surface area (Å²) in [5.74, 6) is 0. The summed E-state index contributed by atoms with van der Waals surface area (Å²) in [6.07, 6.45) is 2.39. The number of nitrogens with one attached hydrogen (secondary N) is 1. The molecule has 0 amide bonds. The van der Waals surface area contributed by atoms with E-state index < -0.39 is 0 Å². The smallest absolute Gasteiger partial charge is 0.0672 e. The molecule has 0 aromatic carbocycles. The van der Waals surface area contributed by atoms with Gasteiger partial charge >= 0.3 is 0 Å². The van der Waals surface area contributed by atoms with Crippen molar-refractivity contribution in [3.05, 3.63) is 12.2 Å². The number of hydrogen-bond acceptors (Lipinski definition) is 3. The lowest BCUT2D eigenvalue weighted by atomic mass is 9.89. The molecule has 1 atom stereocenters. The van der Waals surface area contributed by atoms with Gasteiger partial charge in [0.05, 0.1) is 13.2 Å². The zero-order valence-corrected chi connectivity index (χ0v) is 12.6. The van der Waals surface area contributed by atoms with Gasteiger partial charge in [0.15, 0.2) is 0 Å². The van der Waals surface area contributed by atoms with Gasteiger partial charge in [-0.25, -0.2) is 0 Å². The normalized spacial score (nSPS) is 24.1. The molecule has 18 heavy (non-hydrogen) atoms. The molecule has 3 heteroatoms. The molecule has 1 N–H and O–H groups in total. The largest absolute Gasteiger partial charge is 0.376 e. The molecule has 106 valence electrons. The minimum Gasteiger partial charge on any atom is -0.376 e. The maximum Gasteiger partial charge on any atom is 0.0672 e. The van der Waals surface area contributed by atoms with Gasteiger partial charge in [-0.3, -0.25) is 4.90 Å². The Labute approximate surface area is 113 Å². The van der Waals surface area contributed by atoms with Crippen molar-refractivity contribution in [2.75, 3.05) is 32.8 Å². The SMILES string of the molecule is C=C(C)COCCN1CC(CC)(CC)NCC1C. The summed E-state index contributed by atoms with van der Waals surface area (Å²) < 4.78 is 5.62. The fourth-order valence-electron chi connectivity index (χ4n) is 2.55. The Hall–Kier alpha value is -0.380. The van der Waals surface area contributed by atoms with Gasteiger partial charge in [0, 0.05) is 31.2 Å². The van der Waals surface area contributed by atoms with Crippen LogP contribution in [-0.4, -0.2) is 49.3 Å². The predicted molar refractivity (Wildman–Crippen MR) is 78.0 cm³/mol. The van der Waals surface area contributed by atoms with Crippen LogP contribution in [0, 0.1) is 0 Å². The molecule has 1 fully saturated rings. The van der Waals surface area contributed by atoms with Crippen molar-refractivity contribution < 1.29 is 4.74 Å². The van der Waals surface area contributed by atoms with Crippen molar-refractivity contribution in [2.45, 2.75) is 52.1 Å². The zero-order chi connectivity index (χ0) is 13.6. The van der Waals surface area contributed by atoms with Crippen LogP contribution in [-0.2, 0) is 4.74 Å². The number of nitrogens with zero attached hydrogens (tertiary/aromatic N) is 1. The quantitative estimate of drug-likeness (QED) is 0.558. The summed E-state index contributed by atoms with van der Waals surface area (Å²) in [5.41, 5.74) is 1.40. The first-order valence-corrected chi connectivity index (χ1v) is 7.24. The van der Waals surface area contributed by atoms with Gasteiger partial charge < -0.3 is 10.1 Å². The van der Waals surface area contributed by atoms with Crippen LogP contribution in [0.1, 0.15) is 40.5 Å². The predicted octanol–water partition coefficient (Wildman–Crippen LogP) is 2.43. The van der Waals surface area contributed by atoms with Gasteiger partial charge in [-0.05, 0) is 26.7 Å². The second-order valence-electron chi connectivity index (χ2n) is 5.70. The highest BCUT2D eigenvalue weighted by Gasteiger charge is 2.34.